The number of rotatable bonds is 4. The number of amides is 1. The van der Waals surface area contributed by atoms with Crippen LogP contribution in [0, 0.1) is 11.6 Å². The standard InChI is InChI=1S/C22H23F2N3O/c23-18-8-4-16(5-9-18)20-14-21(17-6-10-19(24)11-7-17)27(25-20)22(28)15-26-12-2-1-3-13-26/h4-11,21H,1-3,12-15H2. The van der Waals surface area contributed by atoms with Crippen LogP contribution in [0.4, 0.5) is 8.78 Å². The molecule has 0 aromatic heterocycles. The van der Waals surface area contributed by atoms with E-state index in [1.807, 2.05) is 0 Å². The Hall–Kier alpha value is -2.60. The summed E-state index contributed by atoms with van der Waals surface area (Å²) in [6.45, 7) is 2.18. The van der Waals surface area contributed by atoms with Crippen LogP contribution in [0.3, 0.4) is 0 Å². The highest BCUT2D eigenvalue weighted by Gasteiger charge is 2.33. The molecule has 0 radical (unpaired) electrons. The lowest BCUT2D eigenvalue weighted by molar-refractivity contribution is -0.134. The first-order chi connectivity index (χ1) is 13.6. The minimum atomic E-state index is -0.312. The predicted octanol–water partition coefficient (Wildman–Crippen LogP) is 4.13. The first kappa shape index (κ1) is 18.7. The molecule has 4 rings (SSSR count). The van der Waals surface area contributed by atoms with Gasteiger partial charge in [0.15, 0.2) is 0 Å². The third-order valence-electron chi connectivity index (χ3n) is 5.41. The fraction of sp³-hybridized carbons (Fsp3) is 0.364. The third-order valence-corrected chi connectivity index (χ3v) is 5.41. The summed E-state index contributed by atoms with van der Waals surface area (Å²) < 4.78 is 26.6. The second-order valence-corrected chi connectivity index (χ2v) is 7.40. The summed E-state index contributed by atoms with van der Waals surface area (Å²) in [4.78, 5) is 15.2. The van der Waals surface area contributed by atoms with Gasteiger partial charge in [0.1, 0.15) is 11.6 Å². The van der Waals surface area contributed by atoms with Crippen molar-refractivity contribution < 1.29 is 13.6 Å². The summed E-state index contributed by atoms with van der Waals surface area (Å²) in [6.07, 6.45) is 3.94. The molecule has 2 aliphatic heterocycles. The number of carbonyl (C=O) groups is 1. The van der Waals surface area contributed by atoms with Crippen molar-refractivity contribution in [2.24, 2.45) is 5.10 Å². The Morgan fingerprint density at radius 3 is 2.18 bits per heavy atom. The van der Waals surface area contributed by atoms with Crippen LogP contribution in [-0.2, 0) is 4.79 Å². The average molecular weight is 383 g/mol. The zero-order valence-electron chi connectivity index (χ0n) is 15.7. The van der Waals surface area contributed by atoms with E-state index in [-0.39, 0.29) is 23.6 Å². The first-order valence-corrected chi connectivity index (χ1v) is 9.73. The van der Waals surface area contributed by atoms with E-state index in [1.54, 1.807) is 24.3 Å². The van der Waals surface area contributed by atoms with Crippen molar-refractivity contribution in [2.75, 3.05) is 19.6 Å². The number of hydrogen-bond donors (Lipinski definition) is 0. The van der Waals surface area contributed by atoms with E-state index >= 15 is 0 Å². The highest BCUT2D eigenvalue weighted by molar-refractivity contribution is 6.03. The molecular formula is C22H23F2N3O. The maximum absolute atomic E-state index is 13.4. The molecule has 146 valence electrons. The van der Waals surface area contributed by atoms with Crippen molar-refractivity contribution in [3.63, 3.8) is 0 Å². The predicted molar refractivity (Wildman–Crippen MR) is 104 cm³/mol. The topological polar surface area (TPSA) is 35.9 Å². The van der Waals surface area contributed by atoms with Crippen molar-refractivity contribution in [3.8, 4) is 0 Å². The summed E-state index contributed by atoms with van der Waals surface area (Å²) >= 11 is 0. The maximum atomic E-state index is 13.4. The van der Waals surface area contributed by atoms with Crippen LogP contribution >= 0.6 is 0 Å². The van der Waals surface area contributed by atoms with E-state index in [4.69, 9.17) is 0 Å². The number of nitrogens with zero attached hydrogens (tertiary/aromatic N) is 3. The van der Waals surface area contributed by atoms with E-state index < -0.39 is 0 Å². The van der Waals surface area contributed by atoms with E-state index in [2.05, 4.69) is 10.0 Å². The quantitative estimate of drug-likeness (QED) is 0.796. The molecule has 1 atom stereocenters. The fourth-order valence-corrected chi connectivity index (χ4v) is 3.88. The number of likely N-dealkylation sites (tertiary alicyclic amines) is 1. The zero-order valence-corrected chi connectivity index (χ0v) is 15.7. The van der Waals surface area contributed by atoms with Crippen LogP contribution in [0.15, 0.2) is 53.6 Å². The summed E-state index contributed by atoms with van der Waals surface area (Å²) in [5.41, 5.74) is 2.37. The van der Waals surface area contributed by atoms with Crippen LogP contribution in [0.1, 0.15) is 42.9 Å². The van der Waals surface area contributed by atoms with Gasteiger partial charge in [-0.2, -0.15) is 5.10 Å². The molecule has 1 unspecified atom stereocenters. The second kappa shape index (κ2) is 8.19. The van der Waals surface area contributed by atoms with Gasteiger partial charge in [-0.1, -0.05) is 30.7 Å². The highest BCUT2D eigenvalue weighted by Crippen LogP contribution is 2.33. The fourth-order valence-electron chi connectivity index (χ4n) is 3.88. The molecule has 0 saturated carbocycles. The van der Waals surface area contributed by atoms with Crippen molar-refractivity contribution in [3.05, 3.63) is 71.3 Å². The molecule has 1 saturated heterocycles. The SMILES string of the molecule is O=C(CN1CCCCC1)N1N=C(c2ccc(F)cc2)CC1c1ccc(F)cc1. The van der Waals surface area contributed by atoms with E-state index in [0.717, 1.165) is 42.8 Å². The third kappa shape index (κ3) is 4.12. The number of hydrogen-bond acceptors (Lipinski definition) is 3. The Balaban J connectivity index is 1.59. The van der Waals surface area contributed by atoms with Crippen LogP contribution in [0.2, 0.25) is 0 Å². The Morgan fingerprint density at radius 1 is 0.929 bits per heavy atom. The summed E-state index contributed by atoms with van der Waals surface area (Å²) in [7, 11) is 0. The molecule has 2 aliphatic rings. The summed E-state index contributed by atoms with van der Waals surface area (Å²) in [6, 6.07) is 12.1. The molecule has 1 fully saturated rings. The van der Waals surface area contributed by atoms with Gasteiger partial charge < -0.3 is 0 Å². The van der Waals surface area contributed by atoms with Crippen molar-refractivity contribution >= 4 is 11.6 Å². The molecule has 2 aromatic carbocycles. The summed E-state index contributed by atoms with van der Waals surface area (Å²) in [5.74, 6) is -0.684. The lowest BCUT2D eigenvalue weighted by Gasteiger charge is -2.29. The molecule has 2 heterocycles. The van der Waals surface area contributed by atoms with Crippen LogP contribution < -0.4 is 0 Å². The molecule has 0 bridgehead atoms. The largest absolute Gasteiger partial charge is 0.294 e. The van der Waals surface area contributed by atoms with Gasteiger partial charge in [0, 0.05) is 6.42 Å². The van der Waals surface area contributed by atoms with Gasteiger partial charge in [-0.15, -0.1) is 0 Å². The second-order valence-electron chi connectivity index (χ2n) is 7.40. The molecule has 6 heteroatoms. The lowest BCUT2D eigenvalue weighted by Crippen LogP contribution is -2.40. The monoisotopic (exact) mass is 383 g/mol. The molecule has 4 nitrogen and oxygen atoms in total. The molecular weight excluding hydrogens is 360 g/mol. The smallest absolute Gasteiger partial charge is 0.257 e. The van der Waals surface area contributed by atoms with Crippen LogP contribution in [-0.4, -0.2) is 41.2 Å². The minimum absolute atomic E-state index is 0.0617. The maximum Gasteiger partial charge on any atom is 0.257 e. The Labute approximate surface area is 163 Å². The van der Waals surface area contributed by atoms with Gasteiger partial charge in [0.25, 0.3) is 5.91 Å². The number of carbonyl (C=O) groups excluding carboxylic acids is 1. The number of benzene rings is 2. The number of halogens is 2. The van der Waals surface area contributed by atoms with Gasteiger partial charge >= 0.3 is 0 Å². The van der Waals surface area contributed by atoms with E-state index in [0.29, 0.717) is 13.0 Å². The molecule has 2 aromatic rings. The summed E-state index contributed by atoms with van der Waals surface area (Å²) in [5, 5.41) is 6.12. The number of hydrazone groups is 1. The van der Waals surface area contributed by atoms with Gasteiger partial charge in [0.05, 0.1) is 18.3 Å². The van der Waals surface area contributed by atoms with Gasteiger partial charge in [-0.25, -0.2) is 13.8 Å². The minimum Gasteiger partial charge on any atom is -0.294 e. The normalized spacial score (nSPS) is 20.3. The molecule has 1 amide bonds. The van der Waals surface area contributed by atoms with Crippen LogP contribution in [0.5, 0.6) is 0 Å². The van der Waals surface area contributed by atoms with Gasteiger partial charge in [-0.3, -0.25) is 9.69 Å². The Bertz CT molecular complexity index is 858. The molecule has 0 aliphatic carbocycles. The molecule has 28 heavy (non-hydrogen) atoms. The Kier molecular flexibility index (Phi) is 5.48. The lowest BCUT2D eigenvalue weighted by atomic mass is 9.98. The van der Waals surface area contributed by atoms with Gasteiger partial charge in [-0.05, 0) is 61.3 Å². The number of piperidine rings is 1. The van der Waals surface area contributed by atoms with Crippen LogP contribution in [0.25, 0.3) is 0 Å². The van der Waals surface area contributed by atoms with Gasteiger partial charge in [0.2, 0.25) is 0 Å². The zero-order chi connectivity index (χ0) is 19.5. The van der Waals surface area contributed by atoms with E-state index in [1.165, 1.54) is 35.7 Å². The first-order valence-electron chi connectivity index (χ1n) is 9.73. The van der Waals surface area contributed by atoms with E-state index in [9.17, 15) is 13.6 Å². The average Bonchev–Trinajstić information content (AvgIpc) is 3.15. The Morgan fingerprint density at radius 2 is 1.54 bits per heavy atom. The van der Waals surface area contributed by atoms with Crippen molar-refractivity contribution in [1.82, 2.24) is 9.91 Å². The molecule has 0 spiro atoms. The highest BCUT2D eigenvalue weighted by atomic mass is 19.1. The van der Waals surface area contributed by atoms with Crippen molar-refractivity contribution in [2.45, 2.75) is 31.7 Å². The van der Waals surface area contributed by atoms with Crippen molar-refractivity contribution in [1.29, 1.82) is 0 Å². The molecule has 0 N–H and O–H groups in total.